The number of nitrogens with one attached hydrogen (secondary N) is 2. The Kier molecular flexibility index (Phi) is 4.78. The number of carbonyl (C=O) groups excluding carboxylic acids is 1. The van der Waals surface area contributed by atoms with E-state index in [1.165, 1.54) is 0 Å². The fraction of sp³-hybridized carbons (Fsp3) is 0.364. The van der Waals surface area contributed by atoms with Gasteiger partial charge in [-0.25, -0.2) is 0 Å². The van der Waals surface area contributed by atoms with Crippen LogP contribution in [0, 0.1) is 6.92 Å². The lowest BCUT2D eigenvalue weighted by Crippen LogP contribution is -2.27. The van der Waals surface area contributed by atoms with E-state index in [1.807, 2.05) is 32.0 Å². The van der Waals surface area contributed by atoms with Crippen LogP contribution in [0.2, 0.25) is 0 Å². The Labute approximate surface area is 98.4 Å². The third kappa shape index (κ3) is 4.01. The molecule has 0 unspecified atom stereocenters. The molecule has 15 heavy (non-hydrogen) atoms. The second kappa shape index (κ2) is 5.88. The van der Waals surface area contributed by atoms with E-state index in [9.17, 15) is 4.79 Å². The van der Waals surface area contributed by atoms with Gasteiger partial charge < -0.3 is 10.6 Å². The van der Waals surface area contributed by atoms with Gasteiger partial charge in [0.15, 0.2) is 0 Å². The van der Waals surface area contributed by atoms with Crippen molar-refractivity contribution in [3.05, 3.63) is 28.2 Å². The van der Waals surface area contributed by atoms with Gasteiger partial charge in [-0.3, -0.25) is 4.79 Å². The van der Waals surface area contributed by atoms with Gasteiger partial charge in [0.1, 0.15) is 0 Å². The summed E-state index contributed by atoms with van der Waals surface area (Å²) >= 11 is 3.39. The summed E-state index contributed by atoms with van der Waals surface area (Å²) in [6, 6.07) is 5.86. The average molecular weight is 271 g/mol. The quantitative estimate of drug-likeness (QED) is 0.882. The largest absolute Gasteiger partial charge is 0.324 e. The first-order chi connectivity index (χ1) is 7.13. The van der Waals surface area contributed by atoms with Gasteiger partial charge in [-0.1, -0.05) is 13.0 Å². The zero-order chi connectivity index (χ0) is 11.3. The van der Waals surface area contributed by atoms with Gasteiger partial charge in [-0.2, -0.15) is 0 Å². The Balaban J connectivity index is 2.63. The second-order valence-corrected chi connectivity index (χ2v) is 4.17. The summed E-state index contributed by atoms with van der Waals surface area (Å²) in [5.74, 6) is -0.0249. The van der Waals surface area contributed by atoms with Crippen LogP contribution >= 0.6 is 15.9 Å². The maximum atomic E-state index is 11.4. The van der Waals surface area contributed by atoms with Gasteiger partial charge in [0.25, 0.3) is 0 Å². The van der Waals surface area contributed by atoms with Crippen molar-refractivity contribution in [1.29, 1.82) is 0 Å². The summed E-state index contributed by atoms with van der Waals surface area (Å²) in [5.41, 5.74) is 1.94. The molecule has 0 bridgehead atoms. The molecule has 1 amide bonds. The molecule has 0 aliphatic heterocycles. The molecule has 0 aromatic heterocycles. The highest BCUT2D eigenvalue weighted by Crippen LogP contribution is 2.22. The van der Waals surface area contributed by atoms with E-state index in [1.54, 1.807) is 0 Å². The Morgan fingerprint density at radius 1 is 1.47 bits per heavy atom. The number of carbonyl (C=O) groups is 1. The average Bonchev–Trinajstić information content (AvgIpc) is 2.20. The molecular weight excluding hydrogens is 256 g/mol. The lowest BCUT2D eigenvalue weighted by molar-refractivity contribution is -0.115. The molecule has 4 heteroatoms. The van der Waals surface area contributed by atoms with Crippen LogP contribution < -0.4 is 10.6 Å². The molecule has 0 heterocycles. The van der Waals surface area contributed by atoms with Gasteiger partial charge in [-0.05, 0) is 47.1 Å². The monoisotopic (exact) mass is 270 g/mol. The maximum Gasteiger partial charge on any atom is 0.238 e. The summed E-state index contributed by atoms with van der Waals surface area (Å²) in [6.45, 7) is 5.10. The molecule has 0 aliphatic rings. The predicted molar refractivity (Wildman–Crippen MR) is 66.1 cm³/mol. The zero-order valence-electron chi connectivity index (χ0n) is 8.93. The lowest BCUT2D eigenvalue weighted by atomic mass is 10.2. The Hall–Kier alpha value is -0.870. The Morgan fingerprint density at radius 3 is 2.87 bits per heavy atom. The maximum absolute atomic E-state index is 11.4. The van der Waals surface area contributed by atoms with E-state index in [4.69, 9.17) is 0 Å². The molecule has 0 spiro atoms. The molecule has 0 aliphatic carbocycles. The molecule has 0 radical (unpaired) electrons. The van der Waals surface area contributed by atoms with Gasteiger partial charge in [-0.15, -0.1) is 0 Å². The SMILES string of the molecule is CCNCC(=O)Nc1cc(C)ccc1Br. The Bertz CT molecular complexity index is 352. The van der Waals surface area contributed by atoms with Gasteiger partial charge >= 0.3 is 0 Å². The number of benzene rings is 1. The molecule has 0 fully saturated rings. The zero-order valence-corrected chi connectivity index (χ0v) is 10.5. The summed E-state index contributed by atoms with van der Waals surface area (Å²) < 4.78 is 0.901. The standard InChI is InChI=1S/C11H15BrN2O/c1-3-13-7-11(15)14-10-6-8(2)4-5-9(10)12/h4-6,13H,3,7H2,1-2H3,(H,14,15). The van der Waals surface area contributed by atoms with Gasteiger partial charge in [0.05, 0.1) is 12.2 Å². The number of amides is 1. The fourth-order valence-electron chi connectivity index (χ4n) is 1.17. The first-order valence-corrected chi connectivity index (χ1v) is 5.69. The molecule has 1 aromatic carbocycles. The van der Waals surface area contributed by atoms with E-state index in [2.05, 4.69) is 26.6 Å². The van der Waals surface area contributed by atoms with Crippen molar-refractivity contribution in [2.75, 3.05) is 18.4 Å². The molecule has 1 aromatic rings. The van der Waals surface area contributed by atoms with Crippen LogP contribution in [0.4, 0.5) is 5.69 Å². The number of rotatable bonds is 4. The molecule has 0 atom stereocenters. The minimum absolute atomic E-state index is 0.0249. The number of halogens is 1. The third-order valence-corrected chi connectivity index (χ3v) is 2.62. The predicted octanol–water partition coefficient (Wildman–Crippen LogP) is 2.31. The van der Waals surface area contributed by atoms with Crippen LogP contribution in [0.15, 0.2) is 22.7 Å². The highest BCUT2D eigenvalue weighted by atomic mass is 79.9. The van der Waals surface area contributed by atoms with Crippen molar-refractivity contribution >= 4 is 27.5 Å². The van der Waals surface area contributed by atoms with Crippen molar-refractivity contribution in [3.8, 4) is 0 Å². The van der Waals surface area contributed by atoms with E-state index in [-0.39, 0.29) is 5.91 Å². The number of hydrogen-bond acceptors (Lipinski definition) is 2. The summed E-state index contributed by atoms with van der Waals surface area (Å²) in [7, 11) is 0. The van der Waals surface area contributed by atoms with E-state index >= 15 is 0 Å². The topological polar surface area (TPSA) is 41.1 Å². The molecule has 0 saturated carbocycles. The van der Waals surface area contributed by atoms with Gasteiger partial charge in [0, 0.05) is 4.47 Å². The summed E-state index contributed by atoms with van der Waals surface area (Å²) in [6.07, 6.45) is 0. The van der Waals surface area contributed by atoms with Crippen molar-refractivity contribution in [3.63, 3.8) is 0 Å². The fourth-order valence-corrected chi connectivity index (χ4v) is 1.51. The van der Waals surface area contributed by atoms with E-state index in [0.29, 0.717) is 6.54 Å². The first kappa shape index (κ1) is 12.2. The summed E-state index contributed by atoms with van der Waals surface area (Å²) in [4.78, 5) is 11.4. The normalized spacial score (nSPS) is 10.1. The highest BCUT2D eigenvalue weighted by Gasteiger charge is 2.04. The number of likely N-dealkylation sites (N-methyl/N-ethyl adjacent to an activating group) is 1. The minimum atomic E-state index is -0.0249. The van der Waals surface area contributed by atoms with Crippen molar-refractivity contribution < 1.29 is 4.79 Å². The second-order valence-electron chi connectivity index (χ2n) is 3.31. The highest BCUT2D eigenvalue weighted by molar-refractivity contribution is 9.10. The first-order valence-electron chi connectivity index (χ1n) is 4.90. The number of anilines is 1. The third-order valence-electron chi connectivity index (χ3n) is 1.93. The van der Waals surface area contributed by atoms with Crippen molar-refractivity contribution in [1.82, 2.24) is 5.32 Å². The van der Waals surface area contributed by atoms with Crippen molar-refractivity contribution in [2.24, 2.45) is 0 Å². The van der Waals surface area contributed by atoms with Crippen LogP contribution in [0.3, 0.4) is 0 Å². The lowest BCUT2D eigenvalue weighted by Gasteiger charge is -2.08. The summed E-state index contributed by atoms with van der Waals surface area (Å²) in [5, 5.41) is 5.81. The van der Waals surface area contributed by atoms with Crippen LogP contribution in [-0.4, -0.2) is 19.0 Å². The molecule has 3 nitrogen and oxygen atoms in total. The number of aryl methyl sites for hydroxylation is 1. The van der Waals surface area contributed by atoms with E-state index < -0.39 is 0 Å². The smallest absolute Gasteiger partial charge is 0.238 e. The number of hydrogen-bond donors (Lipinski definition) is 2. The molecular formula is C11H15BrN2O. The molecule has 82 valence electrons. The van der Waals surface area contributed by atoms with E-state index in [0.717, 1.165) is 22.3 Å². The van der Waals surface area contributed by atoms with Crippen LogP contribution in [-0.2, 0) is 4.79 Å². The molecule has 2 N–H and O–H groups in total. The molecule has 0 saturated heterocycles. The van der Waals surface area contributed by atoms with Crippen LogP contribution in [0.5, 0.6) is 0 Å². The Morgan fingerprint density at radius 2 is 2.20 bits per heavy atom. The van der Waals surface area contributed by atoms with Crippen LogP contribution in [0.1, 0.15) is 12.5 Å². The van der Waals surface area contributed by atoms with Crippen LogP contribution in [0.25, 0.3) is 0 Å². The van der Waals surface area contributed by atoms with Crippen molar-refractivity contribution in [2.45, 2.75) is 13.8 Å². The molecule has 1 rings (SSSR count). The minimum Gasteiger partial charge on any atom is -0.324 e. The van der Waals surface area contributed by atoms with Gasteiger partial charge in [0.2, 0.25) is 5.91 Å².